The van der Waals surface area contributed by atoms with Crippen molar-refractivity contribution in [3.8, 4) is 17.2 Å². The van der Waals surface area contributed by atoms with Gasteiger partial charge in [-0.05, 0) is 48.0 Å². The molecule has 0 saturated heterocycles. The number of hydrogen-bond acceptors (Lipinski definition) is 5. The van der Waals surface area contributed by atoms with Gasteiger partial charge in [0.2, 0.25) is 0 Å². The Morgan fingerprint density at radius 3 is 2.55 bits per heavy atom. The monoisotopic (exact) mass is 300 g/mol. The van der Waals surface area contributed by atoms with Crippen LogP contribution in [0.5, 0.6) is 17.2 Å². The van der Waals surface area contributed by atoms with Gasteiger partial charge in [0, 0.05) is 0 Å². The molecule has 2 N–H and O–H groups in total. The minimum Gasteiger partial charge on any atom is -0.508 e. The highest BCUT2D eigenvalue weighted by molar-refractivity contribution is 5.89. The first-order valence-electron chi connectivity index (χ1n) is 6.60. The number of hydrogen-bond donors (Lipinski definition) is 2. The lowest BCUT2D eigenvalue weighted by Gasteiger charge is -2.04. The van der Waals surface area contributed by atoms with E-state index in [-0.39, 0.29) is 18.1 Å². The molecule has 0 bridgehead atoms. The van der Waals surface area contributed by atoms with Crippen LogP contribution in [0.1, 0.15) is 15.9 Å². The SMILES string of the molecule is COc1cc(C=CCOC(=O)c2ccc(O)cc2)ccc1O. The van der Waals surface area contributed by atoms with E-state index in [9.17, 15) is 9.90 Å². The second-order valence-electron chi connectivity index (χ2n) is 4.48. The molecule has 0 amide bonds. The quantitative estimate of drug-likeness (QED) is 0.830. The fourth-order valence-corrected chi connectivity index (χ4v) is 1.79. The molecule has 0 radical (unpaired) electrons. The lowest BCUT2D eigenvalue weighted by Crippen LogP contribution is -2.04. The van der Waals surface area contributed by atoms with Crippen LogP contribution in [-0.4, -0.2) is 29.9 Å². The van der Waals surface area contributed by atoms with E-state index in [1.165, 1.54) is 37.4 Å². The predicted octanol–water partition coefficient (Wildman–Crippen LogP) is 2.98. The number of methoxy groups -OCH3 is 1. The van der Waals surface area contributed by atoms with Crippen molar-refractivity contribution in [1.29, 1.82) is 0 Å². The Bertz CT molecular complexity index is 674. The van der Waals surface area contributed by atoms with Crippen molar-refractivity contribution in [3.05, 3.63) is 59.7 Å². The molecule has 0 heterocycles. The number of benzene rings is 2. The maximum absolute atomic E-state index is 11.7. The molecule has 0 fully saturated rings. The smallest absolute Gasteiger partial charge is 0.338 e. The average Bonchev–Trinajstić information content (AvgIpc) is 2.53. The van der Waals surface area contributed by atoms with Crippen LogP contribution in [0.2, 0.25) is 0 Å². The number of esters is 1. The molecule has 2 aromatic rings. The zero-order valence-corrected chi connectivity index (χ0v) is 12.0. The fourth-order valence-electron chi connectivity index (χ4n) is 1.79. The Labute approximate surface area is 128 Å². The molecular weight excluding hydrogens is 284 g/mol. The van der Waals surface area contributed by atoms with Crippen molar-refractivity contribution in [2.45, 2.75) is 0 Å². The van der Waals surface area contributed by atoms with Gasteiger partial charge in [-0.15, -0.1) is 0 Å². The molecule has 2 rings (SSSR count). The van der Waals surface area contributed by atoms with Gasteiger partial charge in [0.25, 0.3) is 0 Å². The highest BCUT2D eigenvalue weighted by Gasteiger charge is 2.05. The molecule has 0 saturated carbocycles. The van der Waals surface area contributed by atoms with Gasteiger partial charge in [-0.3, -0.25) is 0 Å². The van der Waals surface area contributed by atoms with Crippen molar-refractivity contribution < 1.29 is 24.5 Å². The number of carbonyl (C=O) groups excluding carboxylic acids is 1. The largest absolute Gasteiger partial charge is 0.508 e. The van der Waals surface area contributed by atoms with Crippen molar-refractivity contribution in [1.82, 2.24) is 0 Å². The first-order chi connectivity index (χ1) is 10.6. The summed E-state index contributed by atoms with van der Waals surface area (Å²) in [5, 5.41) is 18.6. The van der Waals surface area contributed by atoms with Crippen LogP contribution in [0.15, 0.2) is 48.5 Å². The second-order valence-corrected chi connectivity index (χ2v) is 4.48. The minimum absolute atomic E-state index is 0.0680. The Balaban J connectivity index is 1.90. The Kier molecular flexibility index (Phi) is 5.03. The normalized spacial score (nSPS) is 10.6. The average molecular weight is 300 g/mol. The van der Waals surface area contributed by atoms with Crippen molar-refractivity contribution in [2.24, 2.45) is 0 Å². The topological polar surface area (TPSA) is 76.0 Å². The summed E-state index contributed by atoms with van der Waals surface area (Å²) in [6.45, 7) is 0.114. The van der Waals surface area contributed by atoms with Crippen molar-refractivity contribution in [3.63, 3.8) is 0 Å². The maximum atomic E-state index is 11.7. The van der Waals surface area contributed by atoms with E-state index < -0.39 is 5.97 Å². The molecular formula is C17H16O5. The number of carbonyl (C=O) groups is 1. The molecule has 0 spiro atoms. The van der Waals surface area contributed by atoms with Crippen LogP contribution in [0.3, 0.4) is 0 Å². The first kappa shape index (κ1) is 15.4. The third-order valence-corrected chi connectivity index (χ3v) is 2.93. The van der Waals surface area contributed by atoms with Crippen LogP contribution >= 0.6 is 0 Å². The Morgan fingerprint density at radius 2 is 1.86 bits per heavy atom. The minimum atomic E-state index is -0.465. The second kappa shape index (κ2) is 7.17. The summed E-state index contributed by atoms with van der Waals surface area (Å²) in [5.74, 6) is 0.0762. The standard InChI is InChI=1S/C17H16O5/c1-21-16-11-12(4-9-15(16)19)3-2-10-22-17(20)13-5-7-14(18)8-6-13/h2-9,11,18-19H,10H2,1H3. The van der Waals surface area contributed by atoms with Crippen LogP contribution < -0.4 is 4.74 Å². The van der Waals surface area contributed by atoms with E-state index in [1.807, 2.05) is 0 Å². The van der Waals surface area contributed by atoms with Crippen LogP contribution in [0.4, 0.5) is 0 Å². The number of phenols is 2. The molecule has 5 heteroatoms. The van der Waals surface area contributed by atoms with E-state index in [4.69, 9.17) is 14.6 Å². The third kappa shape index (κ3) is 4.02. The molecule has 5 nitrogen and oxygen atoms in total. The van der Waals surface area contributed by atoms with E-state index in [0.29, 0.717) is 11.3 Å². The summed E-state index contributed by atoms with van der Waals surface area (Å²) in [4.78, 5) is 11.7. The predicted molar refractivity (Wildman–Crippen MR) is 82.1 cm³/mol. The van der Waals surface area contributed by atoms with Gasteiger partial charge in [-0.2, -0.15) is 0 Å². The molecule has 0 atom stereocenters. The van der Waals surface area contributed by atoms with Crippen LogP contribution in [-0.2, 0) is 4.74 Å². The van der Waals surface area contributed by atoms with Crippen LogP contribution in [0.25, 0.3) is 6.08 Å². The van der Waals surface area contributed by atoms with Gasteiger partial charge in [-0.25, -0.2) is 4.79 Å². The Morgan fingerprint density at radius 1 is 1.14 bits per heavy atom. The summed E-state index contributed by atoms with van der Waals surface area (Å²) in [6.07, 6.45) is 3.44. The van der Waals surface area contributed by atoms with E-state index in [0.717, 1.165) is 5.56 Å². The van der Waals surface area contributed by atoms with Gasteiger partial charge in [0.05, 0.1) is 12.7 Å². The molecule has 22 heavy (non-hydrogen) atoms. The lowest BCUT2D eigenvalue weighted by molar-refractivity contribution is 0.0550. The summed E-state index contributed by atoms with van der Waals surface area (Å²) in [5.41, 5.74) is 1.19. The highest BCUT2D eigenvalue weighted by atomic mass is 16.5. The molecule has 114 valence electrons. The fraction of sp³-hybridized carbons (Fsp3) is 0.118. The first-order valence-corrected chi connectivity index (χ1v) is 6.60. The zero-order chi connectivity index (χ0) is 15.9. The maximum Gasteiger partial charge on any atom is 0.338 e. The highest BCUT2D eigenvalue weighted by Crippen LogP contribution is 2.26. The zero-order valence-electron chi connectivity index (χ0n) is 12.0. The summed E-state index contributed by atoms with van der Waals surface area (Å²) in [6, 6.07) is 10.8. The summed E-state index contributed by atoms with van der Waals surface area (Å²) < 4.78 is 10.1. The van der Waals surface area contributed by atoms with Crippen molar-refractivity contribution in [2.75, 3.05) is 13.7 Å². The number of ether oxygens (including phenoxy) is 2. The van der Waals surface area contributed by atoms with Crippen molar-refractivity contribution >= 4 is 12.0 Å². The van der Waals surface area contributed by atoms with Gasteiger partial charge < -0.3 is 19.7 Å². The molecule has 0 aliphatic carbocycles. The van der Waals surface area contributed by atoms with Gasteiger partial charge in [0.15, 0.2) is 11.5 Å². The third-order valence-electron chi connectivity index (χ3n) is 2.93. The lowest BCUT2D eigenvalue weighted by atomic mass is 10.2. The molecule has 2 aromatic carbocycles. The van der Waals surface area contributed by atoms with E-state index in [2.05, 4.69) is 0 Å². The van der Waals surface area contributed by atoms with Gasteiger partial charge >= 0.3 is 5.97 Å². The Hall–Kier alpha value is -2.95. The number of aromatic hydroxyl groups is 2. The molecule has 0 unspecified atom stereocenters. The van der Waals surface area contributed by atoms with E-state index >= 15 is 0 Å². The molecule has 0 aliphatic rings. The summed E-state index contributed by atoms with van der Waals surface area (Å²) >= 11 is 0. The van der Waals surface area contributed by atoms with Crippen LogP contribution in [0, 0.1) is 0 Å². The number of phenolic OH excluding ortho intramolecular Hbond substituents is 2. The number of rotatable bonds is 5. The summed E-state index contributed by atoms with van der Waals surface area (Å²) in [7, 11) is 1.47. The molecule has 0 aliphatic heterocycles. The van der Waals surface area contributed by atoms with Gasteiger partial charge in [-0.1, -0.05) is 12.1 Å². The molecule has 0 aromatic heterocycles. The van der Waals surface area contributed by atoms with E-state index in [1.54, 1.807) is 24.3 Å². The van der Waals surface area contributed by atoms with Gasteiger partial charge in [0.1, 0.15) is 12.4 Å².